The topological polar surface area (TPSA) is 83.4 Å². The summed E-state index contributed by atoms with van der Waals surface area (Å²) in [5.74, 6) is -0.868. The van der Waals surface area contributed by atoms with Crippen LogP contribution in [0.3, 0.4) is 0 Å². The smallest absolute Gasteiger partial charge is 0.303 e. The SMILES string of the molecule is O=C(O)CCC1CCCCN1C(=O)c1cnc(-c2ccccn2)s1. The molecule has 1 amide bonds. The molecule has 0 bridgehead atoms. The van der Waals surface area contributed by atoms with Crippen molar-refractivity contribution in [3.8, 4) is 10.7 Å². The zero-order chi connectivity index (χ0) is 16.9. The standard InChI is InChI=1S/C17H19N3O3S/c21-15(22)8-7-12-5-2-4-10-20(12)17(23)14-11-19-16(24-14)13-6-1-3-9-18-13/h1,3,6,9,11-12H,2,4-5,7-8,10H2,(H,21,22). The van der Waals surface area contributed by atoms with Gasteiger partial charge in [0, 0.05) is 25.2 Å². The Morgan fingerprint density at radius 3 is 2.92 bits per heavy atom. The van der Waals surface area contributed by atoms with E-state index in [1.807, 2.05) is 23.1 Å². The molecule has 7 heteroatoms. The van der Waals surface area contributed by atoms with Gasteiger partial charge in [0.2, 0.25) is 0 Å². The second-order valence-electron chi connectivity index (χ2n) is 5.83. The van der Waals surface area contributed by atoms with E-state index in [4.69, 9.17) is 5.11 Å². The third-order valence-corrected chi connectivity index (χ3v) is 5.19. The van der Waals surface area contributed by atoms with Gasteiger partial charge in [0.1, 0.15) is 9.88 Å². The molecule has 0 radical (unpaired) electrons. The molecule has 6 nitrogen and oxygen atoms in total. The molecule has 3 rings (SSSR count). The van der Waals surface area contributed by atoms with Crippen molar-refractivity contribution in [2.24, 2.45) is 0 Å². The normalized spacial score (nSPS) is 17.7. The number of amides is 1. The molecule has 1 atom stereocenters. The van der Waals surface area contributed by atoms with Crippen LogP contribution in [0.4, 0.5) is 0 Å². The van der Waals surface area contributed by atoms with Gasteiger partial charge in [-0.25, -0.2) is 4.98 Å². The molecule has 0 saturated carbocycles. The number of carboxylic acid groups (broad SMARTS) is 1. The number of aromatic nitrogens is 2. The van der Waals surface area contributed by atoms with Crippen LogP contribution in [0, 0.1) is 0 Å². The number of carbonyl (C=O) groups is 2. The maximum absolute atomic E-state index is 12.8. The highest BCUT2D eigenvalue weighted by Crippen LogP contribution is 2.28. The van der Waals surface area contributed by atoms with Crippen LogP contribution in [0.2, 0.25) is 0 Å². The Labute approximate surface area is 144 Å². The predicted octanol–water partition coefficient (Wildman–Crippen LogP) is 3.06. The third-order valence-electron chi connectivity index (χ3n) is 4.18. The molecule has 0 aromatic carbocycles. The first kappa shape index (κ1) is 16.6. The van der Waals surface area contributed by atoms with Gasteiger partial charge >= 0.3 is 5.97 Å². The number of nitrogens with zero attached hydrogens (tertiary/aromatic N) is 3. The average molecular weight is 345 g/mol. The molecule has 24 heavy (non-hydrogen) atoms. The van der Waals surface area contributed by atoms with Crippen LogP contribution in [0.25, 0.3) is 10.7 Å². The minimum absolute atomic E-state index is 0.00255. The number of likely N-dealkylation sites (tertiary alicyclic amines) is 1. The largest absolute Gasteiger partial charge is 0.481 e. The van der Waals surface area contributed by atoms with E-state index in [1.165, 1.54) is 11.3 Å². The summed E-state index contributed by atoms with van der Waals surface area (Å²) in [6, 6.07) is 5.59. The second-order valence-corrected chi connectivity index (χ2v) is 6.86. The molecule has 0 spiro atoms. The highest BCUT2D eigenvalue weighted by Gasteiger charge is 2.29. The average Bonchev–Trinajstić information content (AvgIpc) is 3.10. The minimum atomic E-state index is -0.816. The fourth-order valence-corrected chi connectivity index (χ4v) is 3.83. The lowest BCUT2D eigenvalue weighted by Gasteiger charge is -2.35. The summed E-state index contributed by atoms with van der Waals surface area (Å²) in [7, 11) is 0. The molecular formula is C17H19N3O3S. The van der Waals surface area contributed by atoms with Crippen molar-refractivity contribution in [3.63, 3.8) is 0 Å². The van der Waals surface area contributed by atoms with E-state index in [0.29, 0.717) is 17.8 Å². The van der Waals surface area contributed by atoms with E-state index in [2.05, 4.69) is 9.97 Å². The number of rotatable bonds is 5. The van der Waals surface area contributed by atoms with Gasteiger partial charge < -0.3 is 10.0 Å². The summed E-state index contributed by atoms with van der Waals surface area (Å²) in [5, 5.41) is 9.62. The molecular weight excluding hydrogens is 326 g/mol. The lowest BCUT2D eigenvalue weighted by molar-refractivity contribution is -0.137. The Morgan fingerprint density at radius 2 is 2.17 bits per heavy atom. The van der Waals surface area contributed by atoms with Gasteiger partial charge in [-0.2, -0.15) is 0 Å². The summed E-state index contributed by atoms with van der Waals surface area (Å²) in [4.78, 5) is 34.6. The number of hydrogen-bond donors (Lipinski definition) is 1. The van der Waals surface area contributed by atoms with Crippen molar-refractivity contribution in [1.82, 2.24) is 14.9 Å². The van der Waals surface area contributed by atoms with Crippen molar-refractivity contribution < 1.29 is 14.7 Å². The van der Waals surface area contributed by atoms with Crippen LogP contribution >= 0.6 is 11.3 Å². The molecule has 3 heterocycles. The first-order valence-corrected chi connectivity index (χ1v) is 8.87. The van der Waals surface area contributed by atoms with Crippen LogP contribution in [-0.2, 0) is 4.79 Å². The third kappa shape index (κ3) is 3.79. The molecule has 1 N–H and O–H groups in total. The first-order chi connectivity index (χ1) is 11.6. The zero-order valence-electron chi connectivity index (χ0n) is 13.2. The Balaban J connectivity index is 1.74. The molecule has 2 aromatic rings. The zero-order valence-corrected chi connectivity index (χ0v) is 14.0. The van der Waals surface area contributed by atoms with Crippen molar-refractivity contribution in [2.75, 3.05) is 6.54 Å². The lowest BCUT2D eigenvalue weighted by Crippen LogP contribution is -2.43. The molecule has 1 fully saturated rings. The van der Waals surface area contributed by atoms with Crippen molar-refractivity contribution in [1.29, 1.82) is 0 Å². The van der Waals surface area contributed by atoms with E-state index in [0.717, 1.165) is 30.0 Å². The van der Waals surface area contributed by atoms with Gasteiger partial charge in [-0.15, -0.1) is 11.3 Å². The fraction of sp³-hybridized carbons (Fsp3) is 0.412. The van der Waals surface area contributed by atoms with Crippen LogP contribution in [0.15, 0.2) is 30.6 Å². The summed E-state index contributed by atoms with van der Waals surface area (Å²) in [5.41, 5.74) is 0.752. The second kappa shape index (κ2) is 7.53. The summed E-state index contributed by atoms with van der Waals surface area (Å²) < 4.78 is 0. The molecule has 126 valence electrons. The van der Waals surface area contributed by atoms with Crippen molar-refractivity contribution in [3.05, 3.63) is 35.5 Å². The molecule has 1 saturated heterocycles. The highest BCUT2D eigenvalue weighted by atomic mass is 32.1. The van der Waals surface area contributed by atoms with Gasteiger partial charge in [-0.05, 0) is 37.8 Å². The fourth-order valence-electron chi connectivity index (χ4n) is 2.98. The van der Waals surface area contributed by atoms with Crippen LogP contribution in [0.1, 0.15) is 41.8 Å². The summed E-state index contributed by atoms with van der Waals surface area (Å²) in [6.07, 6.45) is 6.76. The Bertz CT molecular complexity index is 717. The van der Waals surface area contributed by atoms with Crippen molar-refractivity contribution >= 4 is 23.2 Å². The molecule has 2 aromatic heterocycles. The van der Waals surface area contributed by atoms with Gasteiger partial charge in [-0.3, -0.25) is 14.6 Å². The Morgan fingerprint density at radius 1 is 1.29 bits per heavy atom. The molecule has 1 aliphatic heterocycles. The van der Waals surface area contributed by atoms with Crippen LogP contribution < -0.4 is 0 Å². The van der Waals surface area contributed by atoms with Gasteiger partial charge in [0.15, 0.2) is 0 Å². The maximum atomic E-state index is 12.8. The number of thiazole rings is 1. The van der Waals surface area contributed by atoms with E-state index in [1.54, 1.807) is 12.4 Å². The van der Waals surface area contributed by atoms with Crippen LogP contribution in [-0.4, -0.2) is 44.4 Å². The molecule has 1 unspecified atom stereocenters. The summed E-state index contributed by atoms with van der Waals surface area (Å²) >= 11 is 1.33. The quantitative estimate of drug-likeness (QED) is 0.900. The highest BCUT2D eigenvalue weighted by molar-refractivity contribution is 7.16. The first-order valence-electron chi connectivity index (χ1n) is 8.05. The Hall–Kier alpha value is -2.28. The monoisotopic (exact) mass is 345 g/mol. The maximum Gasteiger partial charge on any atom is 0.303 e. The molecule has 1 aliphatic rings. The van der Waals surface area contributed by atoms with Crippen molar-refractivity contribution in [2.45, 2.75) is 38.1 Å². The van der Waals surface area contributed by atoms with Gasteiger partial charge in [0.25, 0.3) is 5.91 Å². The minimum Gasteiger partial charge on any atom is -0.481 e. The van der Waals surface area contributed by atoms with Gasteiger partial charge in [0.05, 0.1) is 11.9 Å². The van der Waals surface area contributed by atoms with E-state index in [9.17, 15) is 9.59 Å². The number of carboxylic acids is 1. The van der Waals surface area contributed by atoms with Gasteiger partial charge in [-0.1, -0.05) is 6.07 Å². The number of carbonyl (C=O) groups excluding carboxylic acids is 1. The number of pyridine rings is 1. The van der Waals surface area contributed by atoms with E-state index < -0.39 is 5.97 Å². The molecule has 0 aliphatic carbocycles. The van der Waals surface area contributed by atoms with E-state index >= 15 is 0 Å². The lowest BCUT2D eigenvalue weighted by atomic mass is 9.97. The Kier molecular flexibility index (Phi) is 5.20. The predicted molar refractivity (Wildman–Crippen MR) is 90.9 cm³/mol. The number of hydrogen-bond acceptors (Lipinski definition) is 5. The summed E-state index contributed by atoms with van der Waals surface area (Å²) in [6.45, 7) is 0.680. The number of piperidine rings is 1. The van der Waals surface area contributed by atoms with E-state index in [-0.39, 0.29) is 18.4 Å². The number of aliphatic carboxylic acids is 1. The van der Waals surface area contributed by atoms with Crippen LogP contribution in [0.5, 0.6) is 0 Å².